The molecule has 0 saturated carbocycles. The van der Waals surface area contributed by atoms with Crippen LogP contribution >= 0.6 is 0 Å². The zero-order valence-corrected chi connectivity index (χ0v) is 10.7. The highest BCUT2D eigenvalue weighted by molar-refractivity contribution is 7.90. The lowest BCUT2D eigenvalue weighted by Gasteiger charge is -2.04. The van der Waals surface area contributed by atoms with E-state index in [-0.39, 0.29) is 10.6 Å². The lowest BCUT2D eigenvalue weighted by molar-refractivity contribution is 0.0492. The van der Waals surface area contributed by atoms with Crippen molar-refractivity contribution in [1.82, 2.24) is 4.98 Å². The van der Waals surface area contributed by atoms with E-state index < -0.39 is 15.8 Å². The molecule has 0 fully saturated rings. The van der Waals surface area contributed by atoms with Gasteiger partial charge in [0, 0.05) is 12.5 Å². The summed E-state index contributed by atoms with van der Waals surface area (Å²) >= 11 is 0. The SMILES string of the molecule is CCCCOC(=O)c1cc(S(C)(=O)=O)ccn1. The number of ether oxygens (including phenoxy) is 1. The van der Waals surface area contributed by atoms with Crippen molar-refractivity contribution in [2.24, 2.45) is 0 Å². The van der Waals surface area contributed by atoms with Crippen LogP contribution in [0.15, 0.2) is 23.2 Å². The highest BCUT2D eigenvalue weighted by Crippen LogP contribution is 2.10. The standard InChI is InChI=1S/C11H15NO4S/c1-3-4-7-16-11(13)10-8-9(5-6-12-10)17(2,14)15/h5-6,8H,3-4,7H2,1-2H3. The Morgan fingerprint density at radius 1 is 1.47 bits per heavy atom. The lowest BCUT2D eigenvalue weighted by Crippen LogP contribution is -2.09. The van der Waals surface area contributed by atoms with Crippen LogP contribution in [0.5, 0.6) is 0 Å². The fourth-order valence-corrected chi connectivity index (χ4v) is 1.77. The Hall–Kier alpha value is -1.43. The van der Waals surface area contributed by atoms with Gasteiger partial charge in [-0.05, 0) is 18.6 Å². The average Bonchev–Trinajstić information content (AvgIpc) is 2.28. The predicted octanol–water partition coefficient (Wildman–Crippen LogP) is 1.44. The summed E-state index contributed by atoms with van der Waals surface area (Å²) in [6, 6.07) is 2.57. The van der Waals surface area contributed by atoms with E-state index in [9.17, 15) is 13.2 Å². The fourth-order valence-electron chi connectivity index (χ4n) is 1.14. The maximum atomic E-state index is 11.5. The van der Waals surface area contributed by atoms with Crippen molar-refractivity contribution in [3.63, 3.8) is 0 Å². The van der Waals surface area contributed by atoms with Crippen LogP contribution in [-0.4, -0.2) is 32.2 Å². The van der Waals surface area contributed by atoms with Crippen molar-refractivity contribution < 1.29 is 17.9 Å². The smallest absolute Gasteiger partial charge is 0.356 e. The second kappa shape index (κ2) is 5.77. The van der Waals surface area contributed by atoms with Crippen LogP contribution in [0.4, 0.5) is 0 Å². The third-order valence-corrected chi connectivity index (χ3v) is 3.21. The molecule has 0 bridgehead atoms. The molecule has 0 amide bonds. The molecular weight excluding hydrogens is 242 g/mol. The minimum atomic E-state index is -3.33. The van der Waals surface area contributed by atoms with Crippen LogP contribution in [0.2, 0.25) is 0 Å². The van der Waals surface area contributed by atoms with Crippen LogP contribution in [0.1, 0.15) is 30.3 Å². The summed E-state index contributed by atoms with van der Waals surface area (Å²) in [5.41, 5.74) is 0.0176. The Morgan fingerprint density at radius 3 is 2.76 bits per heavy atom. The average molecular weight is 257 g/mol. The summed E-state index contributed by atoms with van der Waals surface area (Å²) in [4.78, 5) is 15.4. The van der Waals surface area contributed by atoms with E-state index in [1.54, 1.807) is 0 Å². The number of aromatic nitrogens is 1. The first-order valence-corrected chi connectivity index (χ1v) is 7.17. The second-order valence-corrected chi connectivity index (χ2v) is 5.65. The molecule has 0 atom stereocenters. The first-order chi connectivity index (χ1) is 7.95. The number of rotatable bonds is 5. The van der Waals surface area contributed by atoms with Crippen LogP contribution in [-0.2, 0) is 14.6 Å². The molecule has 0 aliphatic carbocycles. The second-order valence-electron chi connectivity index (χ2n) is 3.64. The molecule has 1 rings (SSSR count). The highest BCUT2D eigenvalue weighted by Gasteiger charge is 2.13. The lowest BCUT2D eigenvalue weighted by atomic mass is 10.3. The van der Waals surface area contributed by atoms with Crippen LogP contribution in [0.3, 0.4) is 0 Å². The van der Waals surface area contributed by atoms with Gasteiger partial charge in [-0.2, -0.15) is 0 Å². The van der Waals surface area contributed by atoms with Crippen LogP contribution in [0.25, 0.3) is 0 Å². The Morgan fingerprint density at radius 2 is 2.18 bits per heavy atom. The summed E-state index contributed by atoms with van der Waals surface area (Å²) < 4.78 is 27.5. The third-order valence-electron chi connectivity index (χ3n) is 2.10. The van der Waals surface area contributed by atoms with Gasteiger partial charge in [-0.3, -0.25) is 0 Å². The summed E-state index contributed by atoms with van der Waals surface area (Å²) in [5, 5.41) is 0. The number of esters is 1. The largest absolute Gasteiger partial charge is 0.461 e. The van der Waals surface area contributed by atoms with E-state index in [1.165, 1.54) is 18.3 Å². The van der Waals surface area contributed by atoms with Gasteiger partial charge in [0.2, 0.25) is 0 Å². The molecule has 94 valence electrons. The molecule has 0 aliphatic rings. The molecule has 0 radical (unpaired) electrons. The van der Waals surface area contributed by atoms with E-state index in [1.807, 2.05) is 6.92 Å². The van der Waals surface area contributed by atoms with E-state index in [2.05, 4.69) is 4.98 Å². The van der Waals surface area contributed by atoms with Crippen LogP contribution < -0.4 is 0 Å². The molecule has 0 N–H and O–H groups in total. The van der Waals surface area contributed by atoms with Gasteiger partial charge >= 0.3 is 5.97 Å². The number of carbonyl (C=O) groups excluding carboxylic acids is 1. The summed E-state index contributed by atoms with van der Waals surface area (Å²) in [6.45, 7) is 2.30. The summed E-state index contributed by atoms with van der Waals surface area (Å²) in [5.74, 6) is -0.594. The molecule has 6 heteroatoms. The molecule has 0 aromatic carbocycles. The minimum Gasteiger partial charge on any atom is -0.461 e. The van der Waals surface area contributed by atoms with E-state index >= 15 is 0 Å². The number of unbranched alkanes of at least 4 members (excludes halogenated alkanes) is 1. The Labute approximate surface area is 101 Å². The van der Waals surface area contributed by atoms with E-state index in [4.69, 9.17) is 4.74 Å². The predicted molar refractivity (Wildman–Crippen MR) is 62.5 cm³/mol. The van der Waals surface area contributed by atoms with Crippen molar-refractivity contribution in [3.8, 4) is 0 Å². The Balaban J connectivity index is 2.82. The van der Waals surface area contributed by atoms with E-state index in [0.717, 1.165) is 19.1 Å². The van der Waals surface area contributed by atoms with Gasteiger partial charge in [0.15, 0.2) is 9.84 Å². The van der Waals surface area contributed by atoms with Gasteiger partial charge in [0.05, 0.1) is 11.5 Å². The molecule has 0 unspecified atom stereocenters. The molecule has 0 spiro atoms. The third kappa shape index (κ3) is 4.14. The maximum absolute atomic E-state index is 11.5. The molecule has 17 heavy (non-hydrogen) atoms. The minimum absolute atomic E-state index is 0.0176. The number of nitrogens with zero attached hydrogens (tertiary/aromatic N) is 1. The molecule has 1 aromatic heterocycles. The van der Waals surface area contributed by atoms with Crippen molar-refractivity contribution in [3.05, 3.63) is 24.0 Å². The monoisotopic (exact) mass is 257 g/mol. The van der Waals surface area contributed by atoms with Crippen molar-refractivity contribution in [2.75, 3.05) is 12.9 Å². The van der Waals surface area contributed by atoms with Crippen molar-refractivity contribution in [2.45, 2.75) is 24.7 Å². The summed E-state index contributed by atoms with van der Waals surface area (Å²) in [6.07, 6.45) is 4.06. The number of sulfone groups is 1. The molecule has 0 saturated heterocycles. The first kappa shape index (κ1) is 13.6. The first-order valence-electron chi connectivity index (χ1n) is 5.28. The van der Waals surface area contributed by atoms with Gasteiger partial charge in [-0.15, -0.1) is 0 Å². The quantitative estimate of drug-likeness (QED) is 0.589. The zero-order chi connectivity index (χ0) is 12.9. The number of hydrogen-bond donors (Lipinski definition) is 0. The van der Waals surface area contributed by atoms with Gasteiger partial charge in [0.25, 0.3) is 0 Å². The zero-order valence-electron chi connectivity index (χ0n) is 9.84. The van der Waals surface area contributed by atoms with Gasteiger partial charge < -0.3 is 4.74 Å². The molecule has 1 aromatic rings. The maximum Gasteiger partial charge on any atom is 0.356 e. The normalized spacial score (nSPS) is 11.2. The number of hydrogen-bond acceptors (Lipinski definition) is 5. The Bertz CT molecular complexity index is 496. The number of pyridine rings is 1. The highest BCUT2D eigenvalue weighted by atomic mass is 32.2. The summed E-state index contributed by atoms with van der Waals surface area (Å²) in [7, 11) is -3.33. The van der Waals surface area contributed by atoms with Crippen molar-refractivity contribution >= 4 is 15.8 Å². The topological polar surface area (TPSA) is 73.3 Å². The Kier molecular flexibility index (Phi) is 4.62. The molecular formula is C11H15NO4S. The molecule has 1 heterocycles. The fraction of sp³-hybridized carbons (Fsp3) is 0.455. The molecule has 0 aliphatic heterocycles. The van der Waals surface area contributed by atoms with Crippen LogP contribution in [0, 0.1) is 0 Å². The number of carbonyl (C=O) groups is 1. The van der Waals surface area contributed by atoms with Gasteiger partial charge in [0.1, 0.15) is 5.69 Å². The molecule has 5 nitrogen and oxygen atoms in total. The van der Waals surface area contributed by atoms with E-state index in [0.29, 0.717) is 6.61 Å². The van der Waals surface area contributed by atoms with Gasteiger partial charge in [-0.1, -0.05) is 13.3 Å². The van der Waals surface area contributed by atoms with Crippen molar-refractivity contribution in [1.29, 1.82) is 0 Å². The van der Waals surface area contributed by atoms with Gasteiger partial charge in [-0.25, -0.2) is 18.2 Å².